The van der Waals surface area contributed by atoms with E-state index in [1.807, 2.05) is 0 Å². The van der Waals surface area contributed by atoms with Crippen LogP contribution >= 0.6 is 0 Å². The van der Waals surface area contributed by atoms with Crippen molar-refractivity contribution in [1.82, 2.24) is 9.96 Å². The van der Waals surface area contributed by atoms with E-state index in [0.29, 0.717) is 0 Å². The van der Waals surface area contributed by atoms with Crippen LogP contribution in [-0.2, 0) is 28.8 Å². The van der Waals surface area contributed by atoms with E-state index in [1.165, 1.54) is 38.2 Å². The number of phenolic OH excluding ortho intramolecular Hbond substituents is 1. The number of Topliss-reactive ketones (excluding diaryl/α,β-unsaturated/α-hetero) is 2. The number of hydrogen-bond donors (Lipinski definition) is 11. The second-order valence-corrected chi connectivity index (χ2v) is 13.1. The maximum atomic E-state index is 14.2. The van der Waals surface area contributed by atoms with Gasteiger partial charge in [-0.25, -0.2) is 0 Å². The van der Waals surface area contributed by atoms with Gasteiger partial charge in [0.1, 0.15) is 47.7 Å². The average Bonchev–Trinajstić information content (AvgIpc) is 3.05. The molecule has 50 heavy (non-hydrogen) atoms. The molecule has 0 bridgehead atoms. The number of aliphatic hydroxyl groups excluding tert-OH is 6. The minimum absolute atomic E-state index is 0.216. The summed E-state index contributed by atoms with van der Waals surface area (Å²) in [5.41, 5.74) is 6.19. The highest BCUT2D eigenvalue weighted by Gasteiger charge is 2.68. The fourth-order valence-electron chi connectivity index (χ4n) is 7.68. The smallest absolute Gasteiger partial charge is 0.255 e. The molecular weight excluding hydrogens is 666 g/mol. The summed E-state index contributed by atoms with van der Waals surface area (Å²) in [6, 6.07) is -0.0759. The highest BCUT2D eigenvalue weighted by Crippen LogP contribution is 2.56. The average molecular weight is 708 g/mol. The number of aromatic hydroxyl groups is 1. The van der Waals surface area contributed by atoms with Gasteiger partial charge in [-0.05, 0) is 31.6 Å². The Morgan fingerprint density at radius 3 is 2.28 bits per heavy atom. The van der Waals surface area contributed by atoms with E-state index in [-0.39, 0.29) is 16.8 Å². The molecule has 0 aromatic heterocycles. The van der Waals surface area contributed by atoms with Gasteiger partial charge in [-0.1, -0.05) is 13.0 Å². The first-order valence-corrected chi connectivity index (χ1v) is 15.5. The Morgan fingerprint density at radius 2 is 1.72 bits per heavy atom. The lowest BCUT2D eigenvalue weighted by Crippen LogP contribution is -2.70. The monoisotopic (exact) mass is 707 g/mol. The number of carbonyl (C=O) groups excluding carboxylic acids is 4. The molecule has 1 aromatic carbocycles. The number of nitrogens with two attached hydrogens (primary N) is 2. The van der Waals surface area contributed by atoms with Gasteiger partial charge in [-0.15, -0.1) is 5.06 Å². The van der Waals surface area contributed by atoms with E-state index >= 15 is 0 Å². The molecule has 1 aliphatic heterocycles. The van der Waals surface area contributed by atoms with Crippen molar-refractivity contribution < 1.29 is 69.6 Å². The first kappa shape index (κ1) is 37.2. The summed E-state index contributed by atoms with van der Waals surface area (Å²) in [6.07, 6.45) is -7.40. The van der Waals surface area contributed by atoms with Crippen LogP contribution in [0.25, 0.3) is 5.76 Å². The van der Waals surface area contributed by atoms with Crippen LogP contribution in [0.5, 0.6) is 5.75 Å². The minimum Gasteiger partial charge on any atom is -0.508 e. The number of amides is 2. The van der Waals surface area contributed by atoms with Crippen LogP contribution in [0.4, 0.5) is 5.69 Å². The molecule has 2 fully saturated rings. The van der Waals surface area contributed by atoms with Crippen LogP contribution in [0.1, 0.15) is 24.0 Å². The van der Waals surface area contributed by atoms with Crippen molar-refractivity contribution in [3.63, 3.8) is 0 Å². The number of anilines is 1. The molecule has 274 valence electrons. The standard InChI is InChI=1S/C31H41N5O14/c1-9-10-5-6-11(34-13(38)7-36(49-4)30-19(32)26(44)22(40)12(8-37)50-30)21(39)15(10)23(41)16-14(9)24(42)18-20(35(2)3)25(43)17(29(33)47)28(46)31(18,48)27(16)45/h5-6,9,12,14,18-20,22,24,26,30,37,39-42,44,46,48H,7-8,32H2,1-4H3,(H2,33,47)(H,34,38)/t9-,12+,14+,18+,19-,20-,22+,24-,26+,30+,31-/m0/s1. The SMILES string of the molecule is CON(CC(=O)Nc1ccc2c(c1O)C(O)=C1C(=O)[C@]3(O)C(O)=C(C(N)=O)C(=O)[C@@H](N(C)C)[C@@H]3[C@@H](O)[C@@H]1[C@H]2C)[C@@H]1O[C@H](CO)[C@@H](O)[C@H](O)[C@@H]1N. The predicted molar refractivity (Wildman–Crippen MR) is 168 cm³/mol. The third-order valence-corrected chi connectivity index (χ3v) is 10.2. The number of nitrogens with one attached hydrogen (secondary N) is 1. The molecule has 1 saturated carbocycles. The molecule has 3 aliphatic carbocycles. The topological polar surface area (TPSA) is 319 Å². The van der Waals surface area contributed by atoms with Crippen molar-refractivity contribution in [2.45, 2.75) is 61.2 Å². The Hall–Kier alpha value is -4.02. The summed E-state index contributed by atoms with van der Waals surface area (Å²) in [5.74, 6) is -11.5. The van der Waals surface area contributed by atoms with Crippen molar-refractivity contribution in [3.8, 4) is 5.75 Å². The summed E-state index contributed by atoms with van der Waals surface area (Å²) in [7, 11) is 3.97. The quantitative estimate of drug-likeness (QED) is 0.0698. The Bertz CT molecular complexity index is 1680. The first-order chi connectivity index (χ1) is 23.4. The molecule has 0 radical (unpaired) electrons. The molecule has 2 amide bonds. The molecule has 4 aliphatic rings. The summed E-state index contributed by atoms with van der Waals surface area (Å²) >= 11 is 0. The normalized spacial score (nSPS) is 35.6. The van der Waals surface area contributed by atoms with Crippen molar-refractivity contribution in [2.24, 2.45) is 23.3 Å². The number of aliphatic hydroxyl groups is 7. The van der Waals surface area contributed by atoms with Crippen LogP contribution < -0.4 is 16.8 Å². The Balaban J connectivity index is 1.52. The summed E-state index contributed by atoms with van der Waals surface area (Å²) < 4.78 is 5.53. The van der Waals surface area contributed by atoms with Crippen LogP contribution in [0.2, 0.25) is 0 Å². The molecule has 1 aromatic rings. The van der Waals surface area contributed by atoms with Crippen LogP contribution in [0, 0.1) is 11.8 Å². The Labute approximate surface area is 284 Å². The van der Waals surface area contributed by atoms with Crippen LogP contribution in [0.15, 0.2) is 29.0 Å². The second kappa shape index (κ2) is 13.3. The zero-order valence-electron chi connectivity index (χ0n) is 27.4. The van der Waals surface area contributed by atoms with E-state index in [2.05, 4.69) is 5.32 Å². The minimum atomic E-state index is -3.09. The number of phenols is 1. The number of hydrogen-bond acceptors (Lipinski definition) is 17. The maximum Gasteiger partial charge on any atom is 0.255 e. The second-order valence-electron chi connectivity index (χ2n) is 13.1. The number of hydroxylamine groups is 2. The number of primary amides is 1. The van der Waals surface area contributed by atoms with E-state index in [1.54, 1.807) is 6.92 Å². The number of nitrogens with zero attached hydrogens (tertiary/aromatic N) is 2. The van der Waals surface area contributed by atoms with Gasteiger partial charge in [0.2, 0.25) is 11.7 Å². The van der Waals surface area contributed by atoms with Crippen LogP contribution in [-0.4, -0.2) is 157 Å². The Morgan fingerprint density at radius 1 is 1.08 bits per heavy atom. The first-order valence-electron chi connectivity index (χ1n) is 15.5. The number of rotatable bonds is 8. The lowest BCUT2D eigenvalue weighted by molar-refractivity contribution is -0.298. The number of ketones is 2. The van der Waals surface area contributed by atoms with Crippen molar-refractivity contribution in [3.05, 3.63) is 40.2 Å². The number of likely N-dealkylation sites (N-methyl/N-ethyl adjacent to an activating group) is 1. The summed E-state index contributed by atoms with van der Waals surface area (Å²) in [6.45, 7) is 0.250. The van der Waals surface area contributed by atoms with E-state index in [9.17, 15) is 60.0 Å². The predicted octanol–water partition coefficient (Wildman–Crippen LogP) is -3.94. The Kier molecular flexibility index (Phi) is 9.88. The van der Waals surface area contributed by atoms with Gasteiger partial charge in [0.15, 0.2) is 17.6 Å². The maximum absolute atomic E-state index is 14.2. The molecule has 13 N–H and O–H groups in total. The molecule has 1 saturated heterocycles. The lowest BCUT2D eigenvalue weighted by atomic mass is 9.54. The number of benzene rings is 1. The van der Waals surface area contributed by atoms with Crippen molar-refractivity contribution in [1.29, 1.82) is 0 Å². The van der Waals surface area contributed by atoms with E-state index in [0.717, 1.165) is 5.06 Å². The van der Waals surface area contributed by atoms with Crippen LogP contribution in [0.3, 0.4) is 0 Å². The van der Waals surface area contributed by atoms with E-state index < -0.39 is 131 Å². The van der Waals surface area contributed by atoms with Gasteiger partial charge in [0.25, 0.3) is 5.91 Å². The zero-order valence-corrected chi connectivity index (χ0v) is 27.4. The van der Waals surface area contributed by atoms with Crippen molar-refractivity contribution >= 4 is 34.8 Å². The van der Waals surface area contributed by atoms with Gasteiger partial charge in [0, 0.05) is 11.5 Å². The molecule has 1 heterocycles. The fourth-order valence-corrected chi connectivity index (χ4v) is 7.68. The third kappa shape index (κ3) is 5.37. The molecule has 11 atom stereocenters. The van der Waals surface area contributed by atoms with Gasteiger partial charge in [0.05, 0.1) is 49.1 Å². The number of carbonyl (C=O) groups is 4. The largest absolute Gasteiger partial charge is 0.508 e. The lowest BCUT2D eigenvalue weighted by Gasteiger charge is -2.53. The summed E-state index contributed by atoms with van der Waals surface area (Å²) in [5, 5.41) is 90.8. The molecule has 0 unspecified atom stereocenters. The van der Waals surface area contributed by atoms with Crippen molar-refractivity contribution in [2.75, 3.05) is 39.7 Å². The van der Waals surface area contributed by atoms with E-state index in [4.69, 9.17) is 21.0 Å². The molecule has 0 spiro atoms. The molecule has 19 heteroatoms. The zero-order chi connectivity index (χ0) is 37.3. The molecule has 19 nitrogen and oxygen atoms in total. The third-order valence-electron chi connectivity index (χ3n) is 10.2. The fraction of sp³-hybridized carbons (Fsp3) is 0.548. The molecular formula is C31H41N5O14. The highest BCUT2D eigenvalue weighted by atomic mass is 16.7. The number of fused-ring (bicyclic) bond motifs is 3. The number of ether oxygens (including phenoxy) is 1. The van der Waals surface area contributed by atoms with Gasteiger partial charge in [-0.2, -0.15) is 0 Å². The molecule has 5 rings (SSSR count). The van der Waals surface area contributed by atoms with Gasteiger partial charge < -0.3 is 62.4 Å². The van der Waals surface area contributed by atoms with Gasteiger partial charge >= 0.3 is 0 Å². The summed E-state index contributed by atoms with van der Waals surface area (Å²) in [4.78, 5) is 59.3. The van der Waals surface area contributed by atoms with Gasteiger partial charge in [-0.3, -0.25) is 28.9 Å². The highest BCUT2D eigenvalue weighted by molar-refractivity contribution is 6.24.